The van der Waals surface area contributed by atoms with Crippen LogP contribution in [0.15, 0.2) is 50.1 Å². The van der Waals surface area contributed by atoms with E-state index in [9.17, 15) is 4.79 Å². The lowest BCUT2D eigenvalue weighted by molar-refractivity contribution is 0.363. The van der Waals surface area contributed by atoms with E-state index in [4.69, 9.17) is 32.4 Å². The first-order valence-electron chi connectivity index (χ1n) is 4.83. The fraction of sp³-hybridized carbons (Fsp3) is 0.0833. The number of ether oxygens (including phenoxy) is 1. The Morgan fingerprint density at radius 2 is 2.12 bits per heavy atom. The summed E-state index contributed by atoms with van der Waals surface area (Å²) in [6.45, 7) is 0.190. The third kappa shape index (κ3) is 3.02. The minimum absolute atomic E-state index is 0.122. The quantitative estimate of drug-likeness (QED) is 0.802. The molecule has 2 rings (SSSR count). The molecule has 0 fully saturated rings. The highest BCUT2D eigenvalue weighted by Gasteiger charge is 2.05. The summed E-state index contributed by atoms with van der Waals surface area (Å²) in [6.07, 6.45) is 1.49. The van der Waals surface area contributed by atoms with Gasteiger partial charge in [0.2, 0.25) is 0 Å². The molecule has 0 bridgehead atoms. The predicted octanol–water partition coefficient (Wildman–Crippen LogP) is 3.49. The fourth-order valence-electron chi connectivity index (χ4n) is 1.40. The summed E-state index contributed by atoms with van der Waals surface area (Å²) in [5, 5.41) is 0.728. The molecule has 1 aromatic heterocycles. The van der Waals surface area contributed by atoms with Crippen LogP contribution in [-0.2, 0) is 0 Å². The van der Waals surface area contributed by atoms with Crippen LogP contribution in [-0.4, -0.2) is 6.61 Å². The van der Waals surface area contributed by atoms with Gasteiger partial charge in [-0.2, -0.15) is 0 Å². The zero-order valence-electron chi connectivity index (χ0n) is 8.65. The second-order valence-corrected chi connectivity index (χ2v) is 4.24. The summed E-state index contributed by atoms with van der Waals surface area (Å²) < 4.78 is 10.6. The van der Waals surface area contributed by atoms with Gasteiger partial charge in [0.15, 0.2) is 0 Å². The van der Waals surface area contributed by atoms with E-state index in [1.54, 1.807) is 18.2 Å². The molecule has 0 aliphatic heterocycles. The topological polar surface area (TPSA) is 39.4 Å². The summed E-state index contributed by atoms with van der Waals surface area (Å²) in [4.78, 5) is 11.3. The van der Waals surface area contributed by atoms with Crippen LogP contribution in [0.1, 0.15) is 0 Å². The Bertz CT molecular complexity index is 612. The molecule has 1 heterocycles. The van der Waals surface area contributed by atoms with Crippen molar-refractivity contribution in [3.8, 4) is 5.75 Å². The largest absolute Gasteiger partial charge is 0.488 e. The highest BCUT2D eigenvalue weighted by Crippen LogP contribution is 2.23. The van der Waals surface area contributed by atoms with Crippen LogP contribution in [0.4, 0.5) is 0 Å². The third-order valence-electron chi connectivity index (χ3n) is 2.09. The van der Waals surface area contributed by atoms with Gasteiger partial charge in [0.05, 0.1) is 11.5 Å². The second kappa shape index (κ2) is 5.25. The third-order valence-corrected chi connectivity index (χ3v) is 2.40. The van der Waals surface area contributed by atoms with Crippen molar-refractivity contribution in [3.63, 3.8) is 0 Å². The molecule has 0 spiro atoms. The molecule has 0 atom stereocenters. The van der Waals surface area contributed by atoms with Gasteiger partial charge in [0.1, 0.15) is 22.4 Å². The molecule has 88 valence electrons. The van der Waals surface area contributed by atoms with E-state index < -0.39 is 5.63 Å². The van der Waals surface area contributed by atoms with Crippen molar-refractivity contribution >= 4 is 34.2 Å². The van der Waals surface area contributed by atoms with Gasteiger partial charge in [-0.15, -0.1) is 0 Å². The molecule has 1 aromatic carbocycles. The first kappa shape index (κ1) is 12.0. The Kier molecular flexibility index (Phi) is 3.71. The van der Waals surface area contributed by atoms with Crippen LogP contribution >= 0.6 is 23.2 Å². The van der Waals surface area contributed by atoms with Gasteiger partial charge in [-0.3, -0.25) is 0 Å². The first-order chi connectivity index (χ1) is 8.16. The molecule has 0 amide bonds. The lowest BCUT2D eigenvalue weighted by Gasteiger charge is -2.05. The standard InChI is InChI=1S/C12H8Cl2O3/c13-11(14)5-6-16-10-7-12(15)17-9-4-2-1-3-8(9)10/h1-5,7H,6H2. The van der Waals surface area contributed by atoms with Crippen molar-refractivity contribution < 1.29 is 9.15 Å². The Morgan fingerprint density at radius 3 is 2.88 bits per heavy atom. The van der Waals surface area contributed by atoms with Crippen molar-refractivity contribution in [2.75, 3.05) is 6.61 Å². The summed E-state index contributed by atoms with van der Waals surface area (Å²) in [5.74, 6) is 0.447. The van der Waals surface area contributed by atoms with Crippen molar-refractivity contribution in [1.29, 1.82) is 0 Å². The monoisotopic (exact) mass is 270 g/mol. The lowest BCUT2D eigenvalue weighted by Crippen LogP contribution is -2.01. The zero-order valence-corrected chi connectivity index (χ0v) is 10.2. The van der Waals surface area contributed by atoms with Gasteiger partial charge < -0.3 is 9.15 Å². The Labute approximate surface area is 107 Å². The maximum Gasteiger partial charge on any atom is 0.339 e. The molecular formula is C12H8Cl2O3. The SMILES string of the molecule is O=c1cc(OCC=C(Cl)Cl)c2ccccc2o1. The summed E-state index contributed by atoms with van der Waals surface area (Å²) in [7, 11) is 0. The van der Waals surface area contributed by atoms with Crippen LogP contribution in [0.5, 0.6) is 5.75 Å². The maximum absolute atomic E-state index is 11.3. The average Bonchev–Trinajstić information content (AvgIpc) is 2.28. The molecule has 0 saturated carbocycles. The molecule has 2 aromatic rings. The zero-order chi connectivity index (χ0) is 12.3. The number of benzene rings is 1. The summed E-state index contributed by atoms with van der Waals surface area (Å²) in [5.41, 5.74) is 0.0237. The molecule has 5 heteroatoms. The second-order valence-electron chi connectivity index (χ2n) is 3.23. The van der Waals surface area contributed by atoms with Gasteiger partial charge in [-0.1, -0.05) is 35.3 Å². The minimum atomic E-state index is -0.459. The molecule has 0 N–H and O–H groups in total. The van der Waals surface area contributed by atoms with Crippen molar-refractivity contribution in [2.24, 2.45) is 0 Å². The van der Waals surface area contributed by atoms with E-state index in [0.717, 1.165) is 5.39 Å². The van der Waals surface area contributed by atoms with Crippen LogP contribution < -0.4 is 10.4 Å². The molecule has 0 aliphatic carbocycles. The van der Waals surface area contributed by atoms with Crippen LogP contribution in [0.25, 0.3) is 11.0 Å². The van der Waals surface area contributed by atoms with E-state index in [-0.39, 0.29) is 11.1 Å². The first-order valence-corrected chi connectivity index (χ1v) is 5.59. The Balaban J connectivity index is 2.39. The molecule has 0 radical (unpaired) electrons. The highest BCUT2D eigenvalue weighted by atomic mass is 35.5. The lowest BCUT2D eigenvalue weighted by atomic mass is 10.2. The summed E-state index contributed by atoms with van der Waals surface area (Å²) >= 11 is 10.9. The minimum Gasteiger partial charge on any atom is -0.488 e. The van der Waals surface area contributed by atoms with Crippen molar-refractivity contribution in [3.05, 3.63) is 51.3 Å². The number of fused-ring (bicyclic) bond motifs is 1. The van der Waals surface area contributed by atoms with Gasteiger partial charge in [0, 0.05) is 0 Å². The number of para-hydroxylation sites is 1. The van der Waals surface area contributed by atoms with E-state index in [1.165, 1.54) is 12.1 Å². The van der Waals surface area contributed by atoms with Crippen LogP contribution in [0, 0.1) is 0 Å². The predicted molar refractivity (Wildman–Crippen MR) is 67.8 cm³/mol. The normalized spacial score (nSPS) is 10.2. The number of halogens is 2. The van der Waals surface area contributed by atoms with Gasteiger partial charge >= 0.3 is 5.63 Å². The van der Waals surface area contributed by atoms with Crippen molar-refractivity contribution in [2.45, 2.75) is 0 Å². The van der Waals surface area contributed by atoms with Crippen molar-refractivity contribution in [1.82, 2.24) is 0 Å². The van der Waals surface area contributed by atoms with E-state index >= 15 is 0 Å². The number of rotatable bonds is 3. The van der Waals surface area contributed by atoms with Crippen LogP contribution in [0.3, 0.4) is 0 Å². The Morgan fingerprint density at radius 1 is 1.35 bits per heavy atom. The smallest absolute Gasteiger partial charge is 0.339 e. The average molecular weight is 271 g/mol. The van der Waals surface area contributed by atoms with Gasteiger partial charge in [0.25, 0.3) is 0 Å². The highest BCUT2D eigenvalue weighted by molar-refractivity contribution is 6.55. The fourth-order valence-corrected chi connectivity index (χ4v) is 1.52. The van der Waals surface area contributed by atoms with Crippen LogP contribution in [0.2, 0.25) is 0 Å². The number of hydrogen-bond donors (Lipinski definition) is 0. The van der Waals surface area contributed by atoms with E-state index in [2.05, 4.69) is 0 Å². The van der Waals surface area contributed by atoms with E-state index in [0.29, 0.717) is 11.3 Å². The van der Waals surface area contributed by atoms with Gasteiger partial charge in [-0.25, -0.2) is 4.79 Å². The summed E-state index contributed by atoms with van der Waals surface area (Å²) in [6, 6.07) is 8.41. The molecule has 0 unspecified atom stereocenters. The molecule has 17 heavy (non-hydrogen) atoms. The maximum atomic E-state index is 11.3. The molecular weight excluding hydrogens is 263 g/mol. The Hall–Kier alpha value is -1.45. The van der Waals surface area contributed by atoms with E-state index in [1.807, 2.05) is 6.07 Å². The molecule has 0 saturated heterocycles. The number of hydrogen-bond acceptors (Lipinski definition) is 3. The molecule has 3 nitrogen and oxygen atoms in total. The van der Waals surface area contributed by atoms with Gasteiger partial charge in [-0.05, 0) is 18.2 Å². The molecule has 0 aliphatic rings.